The molecule has 3 rings (SSSR count). The second kappa shape index (κ2) is 7.00. The van der Waals surface area contributed by atoms with E-state index in [0.29, 0.717) is 23.7 Å². The van der Waals surface area contributed by atoms with Crippen molar-refractivity contribution >= 4 is 5.91 Å². The van der Waals surface area contributed by atoms with Crippen molar-refractivity contribution in [3.63, 3.8) is 0 Å². The third-order valence-electron chi connectivity index (χ3n) is 5.62. The first kappa shape index (κ1) is 16.4. The van der Waals surface area contributed by atoms with E-state index in [0.717, 1.165) is 32.2 Å². The van der Waals surface area contributed by atoms with Gasteiger partial charge in [-0.3, -0.25) is 4.79 Å². The molecule has 0 radical (unpaired) electrons. The number of amides is 1. The zero-order valence-electron chi connectivity index (χ0n) is 14.2. The van der Waals surface area contributed by atoms with Crippen LogP contribution in [0.25, 0.3) is 0 Å². The number of fused-ring (bicyclic) bond motifs is 2. The first-order valence-corrected chi connectivity index (χ1v) is 8.88. The topological polar surface area (TPSA) is 23.6 Å². The van der Waals surface area contributed by atoms with Crippen molar-refractivity contribution in [1.29, 1.82) is 0 Å². The number of hydrogen-bond donors (Lipinski definition) is 0. The van der Waals surface area contributed by atoms with E-state index in [-0.39, 0.29) is 11.7 Å². The Morgan fingerprint density at radius 1 is 1.22 bits per heavy atom. The van der Waals surface area contributed by atoms with Crippen molar-refractivity contribution in [3.8, 4) is 0 Å². The standard InChI is InChI=1S/C19H27FN2O/c1-3-4-11-22(19(23)14-5-7-15(20)8-6-14)18-12-16-9-10-17(13-18)21(16)2/h5-8,16-18H,3-4,9-13H2,1-2H3/t16-,17-/m1/s1. The molecule has 2 saturated heterocycles. The van der Waals surface area contributed by atoms with Gasteiger partial charge in [-0.15, -0.1) is 0 Å². The van der Waals surface area contributed by atoms with E-state index in [1.54, 1.807) is 12.1 Å². The average Bonchev–Trinajstić information content (AvgIpc) is 2.76. The first-order valence-electron chi connectivity index (χ1n) is 8.88. The van der Waals surface area contributed by atoms with Crippen LogP contribution in [0.15, 0.2) is 24.3 Å². The summed E-state index contributed by atoms with van der Waals surface area (Å²) in [6, 6.07) is 7.54. The number of rotatable bonds is 5. The lowest BCUT2D eigenvalue weighted by atomic mass is 9.95. The summed E-state index contributed by atoms with van der Waals surface area (Å²) >= 11 is 0. The fraction of sp³-hybridized carbons (Fsp3) is 0.632. The molecule has 0 saturated carbocycles. The van der Waals surface area contributed by atoms with Crippen LogP contribution in [-0.2, 0) is 0 Å². The maximum atomic E-state index is 13.1. The molecule has 1 amide bonds. The van der Waals surface area contributed by atoms with E-state index >= 15 is 0 Å². The molecule has 126 valence electrons. The summed E-state index contributed by atoms with van der Waals surface area (Å²) in [5, 5.41) is 0. The highest BCUT2D eigenvalue weighted by Gasteiger charge is 2.41. The smallest absolute Gasteiger partial charge is 0.254 e. The minimum Gasteiger partial charge on any atom is -0.336 e. The number of carbonyl (C=O) groups is 1. The Bertz CT molecular complexity index is 531. The van der Waals surface area contributed by atoms with Gasteiger partial charge < -0.3 is 9.80 Å². The molecule has 1 aromatic carbocycles. The highest BCUT2D eigenvalue weighted by molar-refractivity contribution is 5.94. The Morgan fingerprint density at radius 3 is 2.39 bits per heavy atom. The number of carbonyl (C=O) groups excluding carboxylic acids is 1. The Labute approximate surface area is 138 Å². The van der Waals surface area contributed by atoms with Gasteiger partial charge in [-0.25, -0.2) is 4.39 Å². The normalized spacial score (nSPS) is 27.2. The van der Waals surface area contributed by atoms with Gasteiger partial charge in [-0.05, 0) is 63.4 Å². The van der Waals surface area contributed by atoms with Crippen molar-refractivity contribution in [2.75, 3.05) is 13.6 Å². The molecule has 4 heteroatoms. The molecule has 2 heterocycles. The first-order chi connectivity index (χ1) is 11.1. The van der Waals surface area contributed by atoms with Crippen LogP contribution in [0.3, 0.4) is 0 Å². The van der Waals surface area contributed by atoms with Crippen molar-refractivity contribution in [1.82, 2.24) is 9.80 Å². The van der Waals surface area contributed by atoms with Gasteiger partial charge in [0.05, 0.1) is 0 Å². The number of halogens is 1. The maximum Gasteiger partial charge on any atom is 0.254 e. The van der Waals surface area contributed by atoms with Gasteiger partial charge in [0.1, 0.15) is 5.82 Å². The van der Waals surface area contributed by atoms with Gasteiger partial charge in [0.25, 0.3) is 5.91 Å². The molecule has 0 spiro atoms. The molecule has 0 aliphatic carbocycles. The van der Waals surface area contributed by atoms with E-state index in [2.05, 4.69) is 23.8 Å². The van der Waals surface area contributed by atoms with E-state index < -0.39 is 0 Å². The van der Waals surface area contributed by atoms with Crippen molar-refractivity contribution in [2.45, 2.75) is 63.6 Å². The van der Waals surface area contributed by atoms with E-state index in [9.17, 15) is 9.18 Å². The molecule has 0 unspecified atom stereocenters. The lowest BCUT2D eigenvalue weighted by Gasteiger charge is -2.42. The predicted octanol–water partition coefficient (Wildman–Crippen LogP) is 3.69. The quantitative estimate of drug-likeness (QED) is 0.826. The summed E-state index contributed by atoms with van der Waals surface area (Å²) in [7, 11) is 2.22. The van der Waals surface area contributed by atoms with Crippen LogP contribution in [0.5, 0.6) is 0 Å². The van der Waals surface area contributed by atoms with E-state index in [1.807, 2.05) is 0 Å². The second-order valence-electron chi connectivity index (χ2n) is 7.03. The molecule has 1 aromatic rings. The number of benzene rings is 1. The van der Waals surface area contributed by atoms with Gasteiger partial charge in [0.2, 0.25) is 0 Å². The minimum atomic E-state index is -0.293. The third kappa shape index (κ3) is 3.42. The zero-order valence-corrected chi connectivity index (χ0v) is 14.2. The average molecular weight is 318 g/mol. The monoisotopic (exact) mass is 318 g/mol. The molecule has 2 fully saturated rings. The van der Waals surface area contributed by atoms with Crippen LogP contribution in [0, 0.1) is 5.82 Å². The minimum absolute atomic E-state index is 0.0624. The molecular formula is C19H27FN2O. The summed E-state index contributed by atoms with van der Waals surface area (Å²) < 4.78 is 13.1. The highest BCUT2D eigenvalue weighted by atomic mass is 19.1. The van der Waals surface area contributed by atoms with Gasteiger partial charge >= 0.3 is 0 Å². The number of piperidine rings is 1. The molecule has 2 atom stereocenters. The number of hydrogen-bond acceptors (Lipinski definition) is 2. The fourth-order valence-electron chi connectivity index (χ4n) is 4.17. The summed E-state index contributed by atoms with van der Waals surface area (Å²) in [5.74, 6) is -0.230. The molecule has 23 heavy (non-hydrogen) atoms. The van der Waals surface area contributed by atoms with Crippen LogP contribution in [0.4, 0.5) is 4.39 Å². The van der Waals surface area contributed by atoms with Gasteiger partial charge in [-0.2, -0.15) is 0 Å². The Morgan fingerprint density at radius 2 is 1.83 bits per heavy atom. The third-order valence-corrected chi connectivity index (χ3v) is 5.62. The molecule has 2 aliphatic heterocycles. The summed E-state index contributed by atoms with van der Waals surface area (Å²) in [4.78, 5) is 17.5. The lowest BCUT2D eigenvalue weighted by molar-refractivity contribution is 0.0480. The summed E-state index contributed by atoms with van der Waals surface area (Å²) in [5.41, 5.74) is 0.605. The second-order valence-corrected chi connectivity index (χ2v) is 7.03. The Balaban J connectivity index is 1.77. The molecule has 0 aromatic heterocycles. The van der Waals surface area contributed by atoms with Crippen LogP contribution >= 0.6 is 0 Å². The summed E-state index contributed by atoms with van der Waals surface area (Å²) in [6.07, 6.45) is 6.75. The van der Waals surface area contributed by atoms with Crippen LogP contribution in [0.1, 0.15) is 55.8 Å². The van der Waals surface area contributed by atoms with E-state index in [4.69, 9.17) is 0 Å². The SMILES string of the molecule is CCCCN(C(=O)c1ccc(F)cc1)C1C[C@H]2CC[C@H](C1)N2C. The molecule has 3 nitrogen and oxygen atoms in total. The van der Waals surface area contributed by atoms with Crippen molar-refractivity contribution in [2.24, 2.45) is 0 Å². The zero-order chi connectivity index (χ0) is 16.4. The number of unbranched alkanes of at least 4 members (excludes halogenated alkanes) is 1. The van der Waals surface area contributed by atoms with Crippen molar-refractivity contribution < 1.29 is 9.18 Å². The van der Waals surface area contributed by atoms with Crippen LogP contribution in [0.2, 0.25) is 0 Å². The van der Waals surface area contributed by atoms with Crippen LogP contribution < -0.4 is 0 Å². The molecule has 0 N–H and O–H groups in total. The summed E-state index contributed by atoms with van der Waals surface area (Å²) in [6.45, 7) is 2.96. The molecule has 2 bridgehead atoms. The molecule has 2 aliphatic rings. The largest absolute Gasteiger partial charge is 0.336 e. The number of nitrogens with zero attached hydrogens (tertiary/aromatic N) is 2. The Kier molecular flexibility index (Phi) is 5.00. The maximum absolute atomic E-state index is 13.1. The fourth-order valence-corrected chi connectivity index (χ4v) is 4.17. The molecular weight excluding hydrogens is 291 g/mol. The van der Waals surface area contributed by atoms with E-state index in [1.165, 1.54) is 25.0 Å². The van der Waals surface area contributed by atoms with Gasteiger partial charge in [0.15, 0.2) is 0 Å². The van der Waals surface area contributed by atoms with Gasteiger partial charge in [0, 0.05) is 30.2 Å². The lowest BCUT2D eigenvalue weighted by Crippen LogP contribution is -2.51. The van der Waals surface area contributed by atoms with Crippen LogP contribution in [-0.4, -0.2) is 47.4 Å². The van der Waals surface area contributed by atoms with Crippen molar-refractivity contribution in [3.05, 3.63) is 35.6 Å². The van der Waals surface area contributed by atoms with Gasteiger partial charge in [-0.1, -0.05) is 13.3 Å². The predicted molar refractivity (Wildman–Crippen MR) is 89.9 cm³/mol. The highest BCUT2D eigenvalue weighted by Crippen LogP contribution is 2.36. The Hall–Kier alpha value is -1.42.